The lowest BCUT2D eigenvalue weighted by Gasteiger charge is -2.59. The molecule has 4 fully saturated rings. The van der Waals surface area contributed by atoms with Crippen LogP contribution in [0.3, 0.4) is 0 Å². The monoisotopic (exact) mass is 664 g/mol. The molecule has 11 nitrogen and oxygen atoms in total. The second-order valence-corrected chi connectivity index (χ2v) is 15.6. The van der Waals surface area contributed by atoms with Crippen molar-refractivity contribution in [2.24, 2.45) is 5.41 Å². The molecule has 2 N–H and O–H groups in total. The van der Waals surface area contributed by atoms with Gasteiger partial charge in [-0.2, -0.15) is 5.10 Å². The minimum atomic E-state index is -0.440. The highest BCUT2D eigenvalue weighted by Gasteiger charge is 2.51. The summed E-state index contributed by atoms with van der Waals surface area (Å²) < 4.78 is 13.7. The molecule has 2 aromatic heterocycles. The van der Waals surface area contributed by atoms with Gasteiger partial charge in [-0.15, -0.1) is 0 Å². The van der Waals surface area contributed by atoms with E-state index in [0.29, 0.717) is 23.3 Å². The van der Waals surface area contributed by atoms with Crippen LogP contribution in [0.2, 0.25) is 0 Å². The van der Waals surface area contributed by atoms with E-state index in [9.17, 15) is 4.79 Å². The summed E-state index contributed by atoms with van der Waals surface area (Å²) in [6.45, 7) is 11.9. The minimum absolute atomic E-state index is 0.161. The van der Waals surface area contributed by atoms with Crippen molar-refractivity contribution < 1.29 is 14.3 Å². The van der Waals surface area contributed by atoms with Gasteiger partial charge in [0.15, 0.2) is 5.65 Å². The summed E-state index contributed by atoms with van der Waals surface area (Å²) >= 11 is 0. The number of ether oxygens (including phenoxy) is 2. The molecule has 0 atom stereocenters. The maximum absolute atomic E-state index is 12.5. The van der Waals surface area contributed by atoms with Crippen LogP contribution in [0.4, 0.5) is 10.6 Å². The molecule has 3 saturated heterocycles. The van der Waals surface area contributed by atoms with Crippen LogP contribution in [0.15, 0.2) is 60.9 Å². The van der Waals surface area contributed by atoms with E-state index in [0.717, 1.165) is 98.7 Å². The summed E-state index contributed by atoms with van der Waals surface area (Å²) in [6.07, 6.45) is 8.18. The summed E-state index contributed by atoms with van der Waals surface area (Å²) in [7, 11) is 0. The van der Waals surface area contributed by atoms with Crippen molar-refractivity contribution in [2.45, 2.75) is 83.0 Å². The van der Waals surface area contributed by atoms with Crippen molar-refractivity contribution in [2.75, 3.05) is 45.0 Å². The van der Waals surface area contributed by atoms with Gasteiger partial charge in [0.1, 0.15) is 34.9 Å². The first kappa shape index (κ1) is 32.0. The fourth-order valence-corrected chi connectivity index (χ4v) is 8.37. The molecule has 0 unspecified atom stereocenters. The molecule has 1 spiro atoms. The Hall–Kier alpha value is -4.22. The zero-order valence-corrected chi connectivity index (χ0v) is 28.9. The Morgan fingerprint density at radius 1 is 0.837 bits per heavy atom. The summed E-state index contributed by atoms with van der Waals surface area (Å²) in [5.74, 6) is 2.02. The van der Waals surface area contributed by atoms with Crippen molar-refractivity contribution in [1.82, 2.24) is 34.4 Å². The number of anilines is 1. The molecule has 49 heavy (non-hydrogen) atoms. The van der Waals surface area contributed by atoms with E-state index in [4.69, 9.17) is 20.3 Å². The second kappa shape index (κ2) is 12.6. The zero-order valence-electron chi connectivity index (χ0n) is 28.9. The molecule has 2 aromatic carbocycles. The van der Waals surface area contributed by atoms with Crippen LogP contribution >= 0.6 is 0 Å². The van der Waals surface area contributed by atoms with E-state index in [1.807, 2.05) is 80.3 Å². The first-order valence-electron chi connectivity index (χ1n) is 17.9. The van der Waals surface area contributed by atoms with Gasteiger partial charge in [0.2, 0.25) is 0 Å². The molecular formula is C38H48N8O3. The van der Waals surface area contributed by atoms with Crippen LogP contribution in [0.25, 0.3) is 22.3 Å². The molecule has 3 aliphatic heterocycles. The van der Waals surface area contributed by atoms with E-state index in [-0.39, 0.29) is 12.1 Å². The van der Waals surface area contributed by atoms with Crippen molar-refractivity contribution in [1.29, 1.82) is 0 Å². The van der Waals surface area contributed by atoms with Crippen molar-refractivity contribution in [3.63, 3.8) is 0 Å². The third-order valence-electron chi connectivity index (χ3n) is 11.2. The highest BCUT2D eigenvalue weighted by Crippen LogP contribution is 2.52. The minimum Gasteiger partial charge on any atom is -0.457 e. The van der Waals surface area contributed by atoms with Gasteiger partial charge in [0.05, 0.1) is 11.4 Å². The fourth-order valence-electron chi connectivity index (χ4n) is 8.37. The smallest absolute Gasteiger partial charge is 0.410 e. The molecule has 4 aromatic rings. The number of rotatable bonds is 6. The largest absolute Gasteiger partial charge is 0.457 e. The molecule has 1 saturated carbocycles. The van der Waals surface area contributed by atoms with E-state index in [1.54, 1.807) is 6.33 Å². The summed E-state index contributed by atoms with van der Waals surface area (Å²) in [6, 6.07) is 19.3. The van der Waals surface area contributed by atoms with E-state index in [2.05, 4.69) is 24.4 Å². The summed E-state index contributed by atoms with van der Waals surface area (Å²) in [4.78, 5) is 28.8. The Morgan fingerprint density at radius 2 is 1.51 bits per heavy atom. The maximum atomic E-state index is 12.5. The van der Waals surface area contributed by atoms with Crippen LogP contribution in [-0.4, -0.2) is 97.5 Å². The van der Waals surface area contributed by atoms with Crippen molar-refractivity contribution in [3.8, 4) is 22.8 Å². The lowest BCUT2D eigenvalue weighted by atomic mass is 9.59. The van der Waals surface area contributed by atoms with Gasteiger partial charge in [0.25, 0.3) is 0 Å². The normalized spacial score (nSPS) is 21.1. The molecule has 1 aliphatic carbocycles. The molecule has 5 heterocycles. The number of carbonyl (C=O) groups is 1. The highest BCUT2D eigenvalue weighted by molar-refractivity contribution is 5.98. The number of nitrogens with two attached hydrogens (primary N) is 1. The number of fused-ring (bicyclic) bond motifs is 1. The lowest BCUT2D eigenvalue weighted by Crippen LogP contribution is -2.67. The fraction of sp³-hybridized carbons (Fsp3) is 0.526. The Balaban J connectivity index is 0.846. The summed E-state index contributed by atoms with van der Waals surface area (Å²) in [5, 5.41) is 5.94. The molecule has 0 bridgehead atoms. The maximum Gasteiger partial charge on any atom is 0.410 e. The van der Waals surface area contributed by atoms with Gasteiger partial charge in [-0.25, -0.2) is 19.4 Å². The van der Waals surface area contributed by atoms with Gasteiger partial charge in [-0.05, 0) is 101 Å². The lowest BCUT2D eigenvalue weighted by molar-refractivity contribution is -0.0928. The molecule has 11 heteroatoms. The Morgan fingerprint density at radius 3 is 2.18 bits per heavy atom. The number of piperidine rings is 2. The molecule has 258 valence electrons. The molecule has 1 amide bonds. The Bertz CT molecular complexity index is 1770. The number of hydrogen-bond donors (Lipinski definition) is 1. The zero-order chi connectivity index (χ0) is 33.8. The number of benzene rings is 2. The predicted octanol–water partition coefficient (Wildman–Crippen LogP) is 6.37. The van der Waals surface area contributed by atoms with Gasteiger partial charge in [-0.3, -0.25) is 9.80 Å². The van der Waals surface area contributed by atoms with E-state index in [1.165, 1.54) is 12.8 Å². The standard InChI is InChI=1S/C38H48N8O3/c1-37(2,3)49-36(47)44-19-15-38(16-20-44)21-28(22-38)45-23-29(24-45)43-17-13-27(14-18-43)46-35-32(34(39)40-25-41-35)33(42-46)26-9-11-31(12-10-26)48-30-7-5-4-6-8-30/h4-12,25,27-29H,13-24H2,1-3H3,(H2,39,40,41). The SMILES string of the molecule is CC(C)(C)OC(=O)N1CCC2(CC1)CC(N1CC(N3CCC(n4nc(-c5ccc(Oc6ccccc6)cc5)c5c(N)ncnc54)CC3)C1)C2. The predicted molar refractivity (Wildman–Crippen MR) is 189 cm³/mol. The van der Waals surface area contributed by atoms with Gasteiger partial charge in [-0.1, -0.05) is 18.2 Å². The second-order valence-electron chi connectivity index (χ2n) is 15.6. The molecule has 4 aliphatic rings. The topological polar surface area (TPSA) is 115 Å². The van der Waals surface area contributed by atoms with Crippen molar-refractivity contribution in [3.05, 3.63) is 60.9 Å². The van der Waals surface area contributed by atoms with Crippen LogP contribution in [-0.2, 0) is 4.74 Å². The summed E-state index contributed by atoms with van der Waals surface area (Å²) in [5.41, 5.74) is 8.99. The number of likely N-dealkylation sites (tertiary alicyclic amines) is 3. The van der Waals surface area contributed by atoms with Crippen LogP contribution in [0.1, 0.15) is 65.3 Å². The van der Waals surface area contributed by atoms with Gasteiger partial charge >= 0.3 is 6.09 Å². The van der Waals surface area contributed by atoms with Crippen LogP contribution in [0.5, 0.6) is 11.5 Å². The molecular weight excluding hydrogens is 616 g/mol. The number of carbonyl (C=O) groups excluding carboxylic acids is 1. The van der Waals surface area contributed by atoms with Gasteiger partial charge in [0, 0.05) is 56.9 Å². The average molecular weight is 665 g/mol. The number of amides is 1. The van der Waals surface area contributed by atoms with E-state index >= 15 is 0 Å². The molecule has 0 radical (unpaired) electrons. The molecule has 8 rings (SSSR count). The van der Waals surface area contributed by atoms with Crippen LogP contribution < -0.4 is 10.5 Å². The van der Waals surface area contributed by atoms with E-state index < -0.39 is 5.60 Å². The Labute approximate surface area is 288 Å². The average Bonchev–Trinajstić information content (AvgIpc) is 3.45. The quantitative estimate of drug-likeness (QED) is 0.251. The van der Waals surface area contributed by atoms with Crippen molar-refractivity contribution >= 4 is 22.9 Å². The highest BCUT2D eigenvalue weighted by atomic mass is 16.6. The third-order valence-corrected chi connectivity index (χ3v) is 11.2. The first-order valence-corrected chi connectivity index (χ1v) is 17.9. The van der Waals surface area contributed by atoms with Crippen LogP contribution in [0, 0.1) is 5.41 Å². The number of aromatic nitrogens is 4. The first-order chi connectivity index (χ1) is 23.6. The number of nitrogens with zero attached hydrogens (tertiary/aromatic N) is 7. The number of nitrogen functional groups attached to an aromatic ring is 1. The third kappa shape index (κ3) is 6.46. The Kier molecular flexibility index (Phi) is 8.22. The number of para-hydroxylation sites is 1. The van der Waals surface area contributed by atoms with Gasteiger partial charge < -0.3 is 20.1 Å². The number of hydrogen-bond acceptors (Lipinski definition) is 9.